The van der Waals surface area contributed by atoms with Crippen LogP contribution in [0.4, 0.5) is 5.69 Å². The van der Waals surface area contributed by atoms with Crippen molar-refractivity contribution in [3.05, 3.63) is 24.3 Å². The van der Waals surface area contributed by atoms with Gasteiger partial charge in [0.1, 0.15) is 23.9 Å². The Morgan fingerprint density at radius 3 is 3.00 bits per heavy atom. The molecule has 5 heteroatoms. The maximum Gasteiger partial charge on any atom is 0.323 e. The second-order valence-electron chi connectivity index (χ2n) is 3.13. The molecule has 0 amide bonds. The van der Waals surface area contributed by atoms with Crippen molar-refractivity contribution in [1.82, 2.24) is 0 Å². The molecular formula is C10H9NO3S. The summed E-state index contributed by atoms with van der Waals surface area (Å²) < 4.78 is 5.37. The molecule has 4 nitrogen and oxygen atoms in total. The van der Waals surface area contributed by atoms with Crippen molar-refractivity contribution in [2.75, 3.05) is 18.1 Å². The first-order valence-corrected chi connectivity index (χ1v) is 4.83. The number of ether oxygens (including phenoxy) is 1. The van der Waals surface area contributed by atoms with Gasteiger partial charge in [0.25, 0.3) is 0 Å². The summed E-state index contributed by atoms with van der Waals surface area (Å²) in [5, 5.41) is 8.77. The highest BCUT2D eigenvalue weighted by Crippen LogP contribution is 2.31. The van der Waals surface area contributed by atoms with Crippen molar-refractivity contribution >= 4 is 28.9 Å². The van der Waals surface area contributed by atoms with Gasteiger partial charge in [-0.25, -0.2) is 0 Å². The summed E-state index contributed by atoms with van der Waals surface area (Å²) >= 11 is 5.06. The van der Waals surface area contributed by atoms with Crippen LogP contribution in [-0.2, 0) is 4.79 Å². The first kappa shape index (κ1) is 9.92. The Labute approximate surface area is 92.1 Å². The number of fused-ring (bicyclic) bond motifs is 1. The van der Waals surface area contributed by atoms with Gasteiger partial charge in [0.05, 0.1) is 5.69 Å². The van der Waals surface area contributed by atoms with E-state index in [1.54, 1.807) is 17.0 Å². The van der Waals surface area contributed by atoms with Gasteiger partial charge in [-0.05, 0) is 12.1 Å². The van der Waals surface area contributed by atoms with Gasteiger partial charge in [-0.3, -0.25) is 4.79 Å². The summed E-state index contributed by atoms with van der Waals surface area (Å²) in [6, 6.07) is 7.26. The van der Waals surface area contributed by atoms with E-state index in [2.05, 4.69) is 0 Å². The van der Waals surface area contributed by atoms with E-state index in [1.807, 2.05) is 12.1 Å². The largest absolute Gasteiger partial charge is 0.484 e. The third-order valence-corrected chi connectivity index (χ3v) is 2.44. The Bertz CT molecular complexity index is 419. The van der Waals surface area contributed by atoms with Crippen molar-refractivity contribution in [3.8, 4) is 5.75 Å². The Morgan fingerprint density at radius 2 is 2.27 bits per heavy atom. The zero-order valence-electron chi connectivity index (χ0n) is 7.84. The van der Waals surface area contributed by atoms with Crippen LogP contribution in [0.25, 0.3) is 0 Å². The summed E-state index contributed by atoms with van der Waals surface area (Å²) in [4.78, 5) is 12.8. The van der Waals surface area contributed by atoms with Crippen LogP contribution in [0, 0.1) is 0 Å². The maximum absolute atomic E-state index is 10.7. The molecule has 78 valence electrons. The fraction of sp³-hybridized carbons (Fsp3) is 0.200. The fourth-order valence-electron chi connectivity index (χ4n) is 1.46. The fourth-order valence-corrected chi connectivity index (χ4v) is 1.68. The molecule has 2 rings (SSSR count). The highest BCUT2D eigenvalue weighted by molar-refractivity contribution is 7.80. The van der Waals surface area contributed by atoms with Gasteiger partial charge >= 0.3 is 5.97 Å². The van der Waals surface area contributed by atoms with Crippen LogP contribution in [0.2, 0.25) is 0 Å². The molecule has 0 radical (unpaired) electrons. The van der Waals surface area contributed by atoms with Crippen molar-refractivity contribution in [2.24, 2.45) is 0 Å². The predicted octanol–water partition coefficient (Wildman–Crippen LogP) is 1.30. The predicted molar refractivity (Wildman–Crippen MR) is 59.5 cm³/mol. The number of benzene rings is 1. The Hall–Kier alpha value is -1.62. The number of hydrogen-bond donors (Lipinski definition) is 1. The van der Waals surface area contributed by atoms with Gasteiger partial charge in [-0.1, -0.05) is 24.4 Å². The van der Waals surface area contributed by atoms with Crippen molar-refractivity contribution < 1.29 is 14.6 Å². The topological polar surface area (TPSA) is 49.8 Å². The molecule has 0 aliphatic carbocycles. The lowest BCUT2D eigenvalue weighted by Crippen LogP contribution is -2.40. The molecule has 0 unspecified atom stereocenters. The molecule has 0 aromatic heterocycles. The summed E-state index contributed by atoms with van der Waals surface area (Å²) in [5.41, 5.74) is 0.719. The lowest BCUT2D eigenvalue weighted by Gasteiger charge is -2.30. The molecule has 1 heterocycles. The highest BCUT2D eigenvalue weighted by atomic mass is 32.1. The van der Waals surface area contributed by atoms with Gasteiger partial charge in [0.15, 0.2) is 0 Å². The minimum absolute atomic E-state index is 0.126. The molecule has 0 bridgehead atoms. The molecular weight excluding hydrogens is 214 g/mol. The molecule has 15 heavy (non-hydrogen) atoms. The number of carboxylic acid groups (broad SMARTS) is 1. The first-order chi connectivity index (χ1) is 7.18. The normalized spacial score (nSPS) is 14.4. The molecule has 0 saturated carbocycles. The zero-order chi connectivity index (χ0) is 10.8. The van der Waals surface area contributed by atoms with E-state index in [0.29, 0.717) is 10.7 Å². The third kappa shape index (κ3) is 1.92. The van der Waals surface area contributed by atoms with Crippen LogP contribution < -0.4 is 9.64 Å². The number of nitrogens with zero attached hydrogens (tertiary/aromatic N) is 1. The molecule has 0 atom stereocenters. The SMILES string of the molecule is O=C(O)CN1C(=S)COc2ccccc21. The summed E-state index contributed by atoms with van der Waals surface area (Å²) in [6.07, 6.45) is 0. The summed E-state index contributed by atoms with van der Waals surface area (Å²) in [6.45, 7) is 0.138. The van der Waals surface area contributed by atoms with E-state index >= 15 is 0 Å². The molecule has 0 saturated heterocycles. The molecule has 1 aromatic carbocycles. The highest BCUT2D eigenvalue weighted by Gasteiger charge is 2.23. The number of thiocarbonyl (C=S) groups is 1. The van der Waals surface area contributed by atoms with Crippen LogP contribution in [0.15, 0.2) is 24.3 Å². The minimum atomic E-state index is -0.908. The van der Waals surface area contributed by atoms with E-state index in [1.165, 1.54) is 0 Å². The number of rotatable bonds is 2. The van der Waals surface area contributed by atoms with Gasteiger partial charge in [0, 0.05) is 0 Å². The van der Waals surface area contributed by atoms with E-state index in [-0.39, 0.29) is 13.2 Å². The van der Waals surface area contributed by atoms with Crippen LogP contribution in [0.3, 0.4) is 0 Å². The summed E-state index contributed by atoms with van der Waals surface area (Å²) in [5.74, 6) is -0.235. The van der Waals surface area contributed by atoms with Gasteiger partial charge in [-0.2, -0.15) is 0 Å². The Kier molecular flexibility index (Phi) is 2.55. The first-order valence-electron chi connectivity index (χ1n) is 4.42. The lowest BCUT2D eigenvalue weighted by atomic mass is 10.2. The van der Waals surface area contributed by atoms with E-state index in [9.17, 15) is 4.79 Å². The lowest BCUT2D eigenvalue weighted by molar-refractivity contribution is -0.135. The summed E-state index contributed by atoms with van der Waals surface area (Å²) in [7, 11) is 0. The van der Waals surface area contributed by atoms with Crippen LogP contribution in [-0.4, -0.2) is 29.2 Å². The third-order valence-electron chi connectivity index (χ3n) is 2.10. The Morgan fingerprint density at radius 1 is 1.53 bits per heavy atom. The van der Waals surface area contributed by atoms with E-state index < -0.39 is 5.97 Å². The molecule has 1 aromatic rings. The average Bonchev–Trinajstić information content (AvgIpc) is 2.22. The number of carboxylic acids is 1. The smallest absolute Gasteiger partial charge is 0.323 e. The molecule has 1 N–H and O–H groups in total. The number of para-hydroxylation sites is 2. The molecule has 0 spiro atoms. The van der Waals surface area contributed by atoms with E-state index in [0.717, 1.165) is 5.69 Å². The van der Waals surface area contributed by atoms with Crippen LogP contribution in [0.1, 0.15) is 0 Å². The average molecular weight is 223 g/mol. The number of hydrogen-bond acceptors (Lipinski definition) is 3. The zero-order valence-corrected chi connectivity index (χ0v) is 8.66. The van der Waals surface area contributed by atoms with Gasteiger partial charge < -0.3 is 14.7 Å². The van der Waals surface area contributed by atoms with Crippen LogP contribution >= 0.6 is 12.2 Å². The van der Waals surface area contributed by atoms with Gasteiger partial charge in [-0.15, -0.1) is 0 Å². The van der Waals surface area contributed by atoms with Gasteiger partial charge in [0.2, 0.25) is 0 Å². The monoisotopic (exact) mass is 223 g/mol. The molecule has 0 fully saturated rings. The van der Waals surface area contributed by atoms with Crippen molar-refractivity contribution in [3.63, 3.8) is 0 Å². The maximum atomic E-state index is 10.7. The number of anilines is 1. The van der Waals surface area contributed by atoms with Crippen molar-refractivity contribution in [2.45, 2.75) is 0 Å². The standard InChI is InChI=1S/C10H9NO3S/c12-10(13)5-11-7-3-1-2-4-8(7)14-6-9(11)15/h1-4H,5-6H2,(H,12,13). The molecule has 1 aliphatic heterocycles. The number of aliphatic carboxylic acids is 1. The number of carbonyl (C=O) groups is 1. The Balaban J connectivity index is 2.37. The van der Waals surface area contributed by atoms with Crippen molar-refractivity contribution in [1.29, 1.82) is 0 Å². The minimum Gasteiger partial charge on any atom is -0.484 e. The van der Waals surface area contributed by atoms with Crippen LogP contribution in [0.5, 0.6) is 5.75 Å². The quantitative estimate of drug-likeness (QED) is 0.766. The molecule has 1 aliphatic rings. The second kappa shape index (κ2) is 3.86. The second-order valence-corrected chi connectivity index (χ2v) is 3.60. The van der Waals surface area contributed by atoms with E-state index in [4.69, 9.17) is 22.1 Å².